The smallest absolute Gasteiger partial charge is 0.204 e. The van der Waals surface area contributed by atoms with Gasteiger partial charge in [0, 0.05) is 13.8 Å². The minimum atomic E-state index is -0.581. The predicted octanol–water partition coefficient (Wildman–Crippen LogP) is 5.04. The van der Waals surface area contributed by atoms with Gasteiger partial charge < -0.3 is 9.47 Å². The Morgan fingerprint density at radius 1 is 1.11 bits per heavy atom. The molecule has 0 saturated heterocycles. The molecular weight excluding hydrogens is 236 g/mol. The topological polar surface area (TPSA) is 18.5 Å². The Balaban J connectivity index is 2.37. The van der Waals surface area contributed by atoms with Crippen LogP contribution in [0, 0.1) is 0 Å². The maximum absolute atomic E-state index is 5.85. The minimum Gasteiger partial charge on any atom is -0.463 e. The van der Waals surface area contributed by atoms with Crippen LogP contribution in [-0.2, 0) is 4.74 Å². The summed E-state index contributed by atoms with van der Waals surface area (Å²) in [5.41, 5.74) is 1.09. The molecule has 2 heteroatoms. The van der Waals surface area contributed by atoms with Crippen LogP contribution in [0.15, 0.2) is 30.8 Å². The van der Waals surface area contributed by atoms with Crippen molar-refractivity contribution in [1.82, 2.24) is 0 Å². The Bertz CT molecular complexity index is 365. The van der Waals surface area contributed by atoms with E-state index in [0.717, 1.165) is 24.3 Å². The van der Waals surface area contributed by atoms with Gasteiger partial charge in [-0.1, -0.05) is 51.0 Å². The highest BCUT2D eigenvalue weighted by molar-refractivity contribution is 5.48. The zero-order valence-corrected chi connectivity index (χ0v) is 12.4. The molecule has 0 heterocycles. The first-order chi connectivity index (χ1) is 9.07. The van der Waals surface area contributed by atoms with Gasteiger partial charge in [-0.3, -0.25) is 0 Å². The van der Waals surface area contributed by atoms with Crippen LogP contribution in [0.4, 0.5) is 0 Å². The van der Waals surface area contributed by atoms with Gasteiger partial charge in [-0.2, -0.15) is 0 Å². The fourth-order valence-corrected chi connectivity index (χ4v) is 1.83. The van der Waals surface area contributed by atoms with Crippen molar-refractivity contribution < 1.29 is 9.47 Å². The number of benzene rings is 1. The zero-order chi connectivity index (χ0) is 14.1. The van der Waals surface area contributed by atoms with Crippen LogP contribution in [0.25, 0.3) is 6.08 Å². The second-order valence-electron chi connectivity index (χ2n) is 5.18. The number of unbranched alkanes of at least 4 members (excludes halogenated alkanes) is 3. The third kappa shape index (κ3) is 6.44. The van der Waals surface area contributed by atoms with Gasteiger partial charge in [-0.15, -0.1) is 0 Å². The highest BCUT2D eigenvalue weighted by Crippen LogP contribution is 2.20. The summed E-state index contributed by atoms with van der Waals surface area (Å²) in [5, 5.41) is 0. The average Bonchev–Trinajstić information content (AvgIpc) is 2.39. The Labute approximate surface area is 117 Å². The van der Waals surface area contributed by atoms with E-state index in [1.165, 1.54) is 19.3 Å². The SMILES string of the molecule is C=Cc1ccc(OC(C)(C)OCCCCCC)cc1. The van der Waals surface area contributed by atoms with Gasteiger partial charge in [0.25, 0.3) is 0 Å². The molecule has 0 aliphatic heterocycles. The summed E-state index contributed by atoms with van der Waals surface area (Å²) < 4.78 is 11.6. The lowest BCUT2D eigenvalue weighted by Gasteiger charge is -2.26. The van der Waals surface area contributed by atoms with Crippen LogP contribution in [-0.4, -0.2) is 12.4 Å². The highest BCUT2D eigenvalue weighted by atomic mass is 16.7. The lowest BCUT2D eigenvalue weighted by atomic mass is 10.2. The lowest BCUT2D eigenvalue weighted by molar-refractivity contribution is -0.156. The molecule has 0 amide bonds. The zero-order valence-electron chi connectivity index (χ0n) is 12.4. The summed E-state index contributed by atoms with van der Waals surface area (Å²) >= 11 is 0. The van der Waals surface area contributed by atoms with Crippen molar-refractivity contribution in [2.24, 2.45) is 0 Å². The first-order valence-electron chi connectivity index (χ1n) is 7.13. The van der Waals surface area contributed by atoms with Crippen LogP contribution >= 0.6 is 0 Å². The maximum Gasteiger partial charge on any atom is 0.204 e. The summed E-state index contributed by atoms with van der Waals surface area (Å²) in [4.78, 5) is 0. The summed E-state index contributed by atoms with van der Waals surface area (Å²) in [6.45, 7) is 10.6. The molecular formula is C17H26O2. The van der Waals surface area contributed by atoms with Crippen molar-refractivity contribution in [3.05, 3.63) is 36.4 Å². The molecule has 1 aromatic carbocycles. The Hall–Kier alpha value is -1.28. The second-order valence-corrected chi connectivity index (χ2v) is 5.18. The van der Waals surface area contributed by atoms with Gasteiger partial charge in [-0.25, -0.2) is 0 Å². The molecule has 0 aliphatic rings. The molecule has 0 N–H and O–H groups in total. The van der Waals surface area contributed by atoms with E-state index in [1.54, 1.807) is 0 Å². The molecule has 0 spiro atoms. The van der Waals surface area contributed by atoms with E-state index in [9.17, 15) is 0 Å². The molecule has 1 aromatic rings. The largest absolute Gasteiger partial charge is 0.463 e. The quantitative estimate of drug-likeness (QED) is 0.458. The number of hydrogen-bond donors (Lipinski definition) is 0. The normalized spacial score (nSPS) is 11.3. The monoisotopic (exact) mass is 262 g/mol. The molecule has 0 aromatic heterocycles. The van der Waals surface area contributed by atoms with Crippen molar-refractivity contribution >= 4 is 6.08 Å². The molecule has 19 heavy (non-hydrogen) atoms. The Kier molecular flexibility index (Phi) is 6.65. The third-order valence-electron chi connectivity index (χ3n) is 2.93. The third-order valence-corrected chi connectivity index (χ3v) is 2.93. The first-order valence-corrected chi connectivity index (χ1v) is 7.13. The van der Waals surface area contributed by atoms with E-state index in [4.69, 9.17) is 9.47 Å². The summed E-state index contributed by atoms with van der Waals surface area (Å²) in [6, 6.07) is 7.86. The van der Waals surface area contributed by atoms with E-state index in [0.29, 0.717) is 0 Å². The van der Waals surface area contributed by atoms with Gasteiger partial charge in [0.15, 0.2) is 0 Å². The van der Waals surface area contributed by atoms with Gasteiger partial charge in [0.1, 0.15) is 5.75 Å². The molecule has 0 saturated carbocycles. The van der Waals surface area contributed by atoms with Crippen molar-refractivity contribution in [1.29, 1.82) is 0 Å². The number of rotatable bonds is 9. The highest BCUT2D eigenvalue weighted by Gasteiger charge is 2.19. The van der Waals surface area contributed by atoms with Crippen molar-refractivity contribution in [2.45, 2.75) is 52.2 Å². The molecule has 0 aliphatic carbocycles. The average molecular weight is 262 g/mol. The summed E-state index contributed by atoms with van der Waals surface area (Å²) in [5.74, 6) is 0.242. The second kappa shape index (κ2) is 8.00. The van der Waals surface area contributed by atoms with Gasteiger partial charge >= 0.3 is 0 Å². The molecule has 0 radical (unpaired) electrons. The van der Waals surface area contributed by atoms with Crippen LogP contribution in [0.5, 0.6) is 5.75 Å². The van der Waals surface area contributed by atoms with Gasteiger partial charge in [0.05, 0.1) is 6.61 Å². The predicted molar refractivity (Wildman–Crippen MR) is 81.3 cm³/mol. The summed E-state index contributed by atoms with van der Waals surface area (Å²) in [7, 11) is 0. The maximum atomic E-state index is 5.85. The Morgan fingerprint density at radius 2 is 1.79 bits per heavy atom. The Morgan fingerprint density at radius 3 is 2.37 bits per heavy atom. The van der Waals surface area contributed by atoms with E-state index in [1.807, 2.05) is 44.2 Å². The molecule has 0 unspecified atom stereocenters. The van der Waals surface area contributed by atoms with Gasteiger partial charge in [0.2, 0.25) is 5.79 Å². The van der Waals surface area contributed by atoms with Crippen molar-refractivity contribution in [3.8, 4) is 5.75 Å². The summed E-state index contributed by atoms with van der Waals surface area (Å²) in [6.07, 6.45) is 6.65. The van der Waals surface area contributed by atoms with Crippen LogP contribution in [0.1, 0.15) is 52.0 Å². The van der Waals surface area contributed by atoms with Crippen LogP contribution in [0.2, 0.25) is 0 Å². The van der Waals surface area contributed by atoms with Crippen molar-refractivity contribution in [2.75, 3.05) is 6.61 Å². The van der Waals surface area contributed by atoms with E-state index in [2.05, 4.69) is 13.5 Å². The first kappa shape index (κ1) is 15.8. The molecule has 1 rings (SSSR count). The van der Waals surface area contributed by atoms with Crippen LogP contribution < -0.4 is 4.74 Å². The van der Waals surface area contributed by atoms with Crippen LogP contribution in [0.3, 0.4) is 0 Å². The molecule has 2 nitrogen and oxygen atoms in total. The van der Waals surface area contributed by atoms with E-state index < -0.39 is 5.79 Å². The minimum absolute atomic E-state index is 0.581. The van der Waals surface area contributed by atoms with Gasteiger partial charge in [-0.05, 0) is 24.1 Å². The lowest BCUT2D eigenvalue weighted by Crippen LogP contribution is -2.32. The fourth-order valence-electron chi connectivity index (χ4n) is 1.83. The fraction of sp³-hybridized carbons (Fsp3) is 0.529. The number of hydrogen-bond acceptors (Lipinski definition) is 2. The number of ether oxygens (including phenoxy) is 2. The van der Waals surface area contributed by atoms with Crippen molar-refractivity contribution in [3.63, 3.8) is 0 Å². The van der Waals surface area contributed by atoms with E-state index >= 15 is 0 Å². The molecule has 0 fully saturated rings. The molecule has 0 atom stereocenters. The van der Waals surface area contributed by atoms with E-state index in [-0.39, 0.29) is 0 Å². The standard InChI is InChI=1S/C17H26O2/c1-5-7-8-9-14-18-17(3,4)19-16-12-10-15(6-2)11-13-16/h6,10-13H,2,5,7-9,14H2,1,3-4H3. The molecule has 106 valence electrons. The molecule has 0 bridgehead atoms.